The van der Waals surface area contributed by atoms with Gasteiger partial charge in [-0.25, -0.2) is 0 Å². The van der Waals surface area contributed by atoms with Gasteiger partial charge in [-0.1, -0.05) is 22.0 Å². The Balaban J connectivity index is 1.47. The van der Waals surface area contributed by atoms with Gasteiger partial charge in [-0.15, -0.1) is 0 Å². The van der Waals surface area contributed by atoms with E-state index in [0.717, 1.165) is 15.6 Å². The molecule has 0 fully saturated rings. The molecule has 1 amide bonds. The highest BCUT2D eigenvalue weighted by molar-refractivity contribution is 9.10. The van der Waals surface area contributed by atoms with E-state index in [-0.39, 0.29) is 29.5 Å². The predicted molar refractivity (Wildman–Crippen MR) is 134 cm³/mol. The number of nitrogens with one attached hydrogen (secondary N) is 1. The van der Waals surface area contributed by atoms with Crippen LogP contribution in [0.2, 0.25) is 0 Å². The summed E-state index contributed by atoms with van der Waals surface area (Å²) in [5.74, 6) is 1.36. The molecule has 1 N–H and O–H groups in total. The van der Waals surface area contributed by atoms with Crippen LogP contribution in [0.15, 0.2) is 81.7 Å². The van der Waals surface area contributed by atoms with Gasteiger partial charge in [0, 0.05) is 16.6 Å². The average molecular weight is 537 g/mol. The maximum atomic E-state index is 12.7. The number of nitro groups is 1. The van der Waals surface area contributed by atoms with E-state index in [0.29, 0.717) is 17.3 Å². The van der Waals surface area contributed by atoms with Crippen LogP contribution in [-0.2, 0) is 6.61 Å². The van der Waals surface area contributed by atoms with Crippen molar-refractivity contribution in [3.05, 3.63) is 110 Å². The van der Waals surface area contributed by atoms with Crippen molar-refractivity contribution in [3.8, 4) is 17.2 Å². The van der Waals surface area contributed by atoms with Crippen molar-refractivity contribution in [1.82, 2.24) is 0 Å². The number of halogens is 1. The average Bonchev–Trinajstić information content (AvgIpc) is 3.27. The van der Waals surface area contributed by atoms with E-state index in [9.17, 15) is 14.9 Å². The third-order valence-corrected chi connectivity index (χ3v) is 5.40. The molecule has 0 radical (unpaired) electrons. The summed E-state index contributed by atoms with van der Waals surface area (Å²) in [5.41, 5.74) is 1.98. The number of ether oxygens (including phenoxy) is 2. The molecule has 1 heterocycles. The van der Waals surface area contributed by atoms with Crippen LogP contribution in [0.1, 0.15) is 27.4 Å². The summed E-state index contributed by atoms with van der Waals surface area (Å²) in [6.07, 6.45) is 0. The lowest BCUT2D eigenvalue weighted by Gasteiger charge is -2.10. The van der Waals surface area contributed by atoms with Gasteiger partial charge in [-0.2, -0.15) is 0 Å². The zero-order chi connectivity index (χ0) is 24.9. The first-order valence-electron chi connectivity index (χ1n) is 10.6. The number of carbonyl (C=O) groups excluding carboxylic acids is 1. The molecule has 178 valence electrons. The first kappa shape index (κ1) is 24.0. The Morgan fingerprint density at radius 1 is 0.943 bits per heavy atom. The van der Waals surface area contributed by atoms with E-state index in [1.165, 1.54) is 24.3 Å². The van der Waals surface area contributed by atoms with Gasteiger partial charge in [0.2, 0.25) is 0 Å². The molecular formula is C26H21BrN2O6. The van der Waals surface area contributed by atoms with Crippen LogP contribution in [0.25, 0.3) is 0 Å². The third kappa shape index (κ3) is 6.48. The second-order valence-corrected chi connectivity index (χ2v) is 8.78. The Morgan fingerprint density at radius 2 is 1.63 bits per heavy atom. The highest BCUT2D eigenvalue weighted by Crippen LogP contribution is 2.31. The van der Waals surface area contributed by atoms with Gasteiger partial charge in [0.1, 0.15) is 29.6 Å². The van der Waals surface area contributed by atoms with Crippen LogP contribution in [0.3, 0.4) is 0 Å². The number of amides is 1. The molecule has 0 saturated carbocycles. The van der Waals surface area contributed by atoms with Crippen molar-refractivity contribution < 1.29 is 23.6 Å². The Morgan fingerprint density at radius 3 is 2.31 bits per heavy atom. The number of furan rings is 1. The molecule has 35 heavy (non-hydrogen) atoms. The molecule has 8 nitrogen and oxygen atoms in total. The van der Waals surface area contributed by atoms with Crippen LogP contribution >= 0.6 is 15.9 Å². The van der Waals surface area contributed by atoms with E-state index in [1.54, 1.807) is 18.2 Å². The van der Waals surface area contributed by atoms with Crippen molar-refractivity contribution >= 4 is 33.2 Å². The van der Waals surface area contributed by atoms with Crippen molar-refractivity contribution in [2.75, 3.05) is 5.32 Å². The Labute approximate surface area is 209 Å². The highest BCUT2D eigenvalue weighted by Gasteiger charge is 2.16. The molecule has 0 spiro atoms. The first-order valence-corrected chi connectivity index (χ1v) is 11.4. The summed E-state index contributed by atoms with van der Waals surface area (Å²) < 4.78 is 18.0. The maximum absolute atomic E-state index is 12.7. The quantitative estimate of drug-likeness (QED) is 0.189. The molecule has 0 saturated heterocycles. The fourth-order valence-corrected chi connectivity index (χ4v) is 3.67. The number of aryl methyl sites for hydroxylation is 2. The molecule has 0 bridgehead atoms. The second kappa shape index (κ2) is 10.4. The standard InChI is InChI=1S/C26H21BrN2O6/c1-16-9-17(2)11-23(10-16)34-24-13-19(12-20(14-24)29(31)32)28-26(30)25-8-7-22(35-25)15-33-21-5-3-18(27)4-6-21/h3-14H,15H2,1-2H3,(H,28,30). The molecule has 0 aliphatic heterocycles. The molecule has 4 aromatic rings. The molecule has 3 aromatic carbocycles. The maximum Gasteiger partial charge on any atom is 0.291 e. The number of benzene rings is 3. The van der Waals surface area contributed by atoms with Crippen LogP contribution < -0.4 is 14.8 Å². The van der Waals surface area contributed by atoms with E-state index in [1.807, 2.05) is 44.2 Å². The zero-order valence-corrected chi connectivity index (χ0v) is 20.5. The number of anilines is 1. The Kier molecular flexibility index (Phi) is 7.17. The zero-order valence-electron chi connectivity index (χ0n) is 18.9. The molecule has 0 aliphatic rings. The summed E-state index contributed by atoms with van der Waals surface area (Å²) in [7, 11) is 0. The number of hydrogen-bond acceptors (Lipinski definition) is 6. The normalized spacial score (nSPS) is 10.6. The first-order chi connectivity index (χ1) is 16.7. The molecule has 1 aromatic heterocycles. The van der Waals surface area contributed by atoms with E-state index >= 15 is 0 Å². The van der Waals surface area contributed by atoms with Gasteiger partial charge in [0.25, 0.3) is 11.6 Å². The number of rotatable bonds is 8. The van der Waals surface area contributed by atoms with Gasteiger partial charge < -0.3 is 19.2 Å². The lowest BCUT2D eigenvalue weighted by molar-refractivity contribution is -0.384. The smallest absolute Gasteiger partial charge is 0.291 e. The van der Waals surface area contributed by atoms with Crippen molar-refractivity contribution in [1.29, 1.82) is 0 Å². The molecular weight excluding hydrogens is 516 g/mol. The molecule has 4 rings (SSSR count). The van der Waals surface area contributed by atoms with Gasteiger partial charge >= 0.3 is 0 Å². The lowest BCUT2D eigenvalue weighted by Crippen LogP contribution is -2.11. The second-order valence-electron chi connectivity index (χ2n) is 7.86. The number of nitro benzene ring substituents is 1. The lowest BCUT2D eigenvalue weighted by atomic mass is 10.1. The number of nitrogens with zero attached hydrogens (tertiary/aromatic N) is 1. The molecule has 0 atom stereocenters. The van der Waals surface area contributed by atoms with Crippen molar-refractivity contribution in [2.24, 2.45) is 0 Å². The largest absolute Gasteiger partial charge is 0.486 e. The van der Waals surface area contributed by atoms with E-state index in [4.69, 9.17) is 13.9 Å². The summed E-state index contributed by atoms with van der Waals surface area (Å²) in [4.78, 5) is 23.6. The van der Waals surface area contributed by atoms with E-state index < -0.39 is 10.8 Å². The van der Waals surface area contributed by atoms with Gasteiger partial charge in [0.15, 0.2) is 5.76 Å². The van der Waals surface area contributed by atoms with Crippen LogP contribution in [0, 0.1) is 24.0 Å². The van der Waals surface area contributed by atoms with Gasteiger partial charge in [0.05, 0.1) is 16.7 Å². The summed E-state index contributed by atoms with van der Waals surface area (Å²) in [5, 5.41) is 14.1. The van der Waals surface area contributed by atoms with Crippen LogP contribution in [0.4, 0.5) is 11.4 Å². The Bertz CT molecular complexity index is 1360. The van der Waals surface area contributed by atoms with Gasteiger partial charge in [-0.05, 0) is 73.5 Å². The van der Waals surface area contributed by atoms with Gasteiger partial charge in [-0.3, -0.25) is 14.9 Å². The minimum atomic E-state index is -0.558. The predicted octanol–water partition coefficient (Wildman–Crippen LogP) is 7.19. The van der Waals surface area contributed by atoms with Crippen molar-refractivity contribution in [3.63, 3.8) is 0 Å². The Hall–Kier alpha value is -4.11. The number of hydrogen-bond donors (Lipinski definition) is 1. The monoisotopic (exact) mass is 536 g/mol. The number of non-ortho nitro benzene ring substituents is 1. The SMILES string of the molecule is Cc1cc(C)cc(Oc2cc(NC(=O)c3ccc(COc4ccc(Br)cc4)o3)cc([N+](=O)[O-])c2)c1. The number of carbonyl (C=O) groups is 1. The minimum absolute atomic E-state index is 0.0442. The molecule has 9 heteroatoms. The minimum Gasteiger partial charge on any atom is -0.486 e. The van der Waals surface area contributed by atoms with E-state index in [2.05, 4.69) is 21.2 Å². The topological polar surface area (TPSA) is 104 Å². The van der Waals surface area contributed by atoms with Crippen LogP contribution in [0.5, 0.6) is 17.2 Å². The fourth-order valence-electron chi connectivity index (χ4n) is 3.40. The summed E-state index contributed by atoms with van der Waals surface area (Å²) >= 11 is 3.36. The fraction of sp³-hybridized carbons (Fsp3) is 0.115. The summed E-state index contributed by atoms with van der Waals surface area (Å²) in [6.45, 7) is 4.00. The van der Waals surface area contributed by atoms with Crippen molar-refractivity contribution in [2.45, 2.75) is 20.5 Å². The molecule has 0 unspecified atom stereocenters. The van der Waals surface area contributed by atoms with Crippen LogP contribution in [-0.4, -0.2) is 10.8 Å². The molecule has 0 aliphatic carbocycles. The summed E-state index contributed by atoms with van der Waals surface area (Å²) in [6, 6.07) is 20.2. The highest BCUT2D eigenvalue weighted by atomic mass is 79.9. The third-order valence-electron chi connectivity index (χ3n) is 4.87.